The molecule has 1 amide bonds. The molecule has 0 radical (unpaired) electrons. The van der Waals surface area contributed by atoms with Crippen molar-refractivity contribution in [1.29, 1.82) is 0 Å². The number of primary amides is 1. The lowest BCUT2D eigenvalue weighted by atomic mass is 10.0. The van der Waals surface area contributed by atoms with Crippen LogP contribution in [0, 0.1) is 11.7 Å². The molecule has 4 aromatic rings. The summed E-state index contributed by atoms with van der Waals surface area (Å²) < 4.78 is 48.2. The number of carbonyl (C=O) groups is 1. The molecule has 0 bridgehead atoms. The van der Waals surface area contributed by atoms with E-state index in [2.05, 4.69) is 14.7 Å². The number of pyridine rings is 1. The lowest BCUT2D eigenvalue weighted by Crippen LogP contribution is -2.30. The molecule has 2 aromatic heterocycles. The van der Waals surface area contributed by atoms with Crippen LogP contribution in [0.25, 0.3) is 22.0 Å². The fraction of sp³-hybridized carbons (Fsp3) is 0.167. The van der Waals surface area contributed by atoms with Crippen LogP contribution in [-0.4, -0.2) is 36.0 Å². The van der Waals surface area contributed by atoms with Gasteiger partial charge in [0, 0.05) is 18.3 Å². The van der Waals surface area contributed by atoms with Crippen molar-refractivity contribution < 1.29 is 22.3 Å². The van der Waals surface area contributed by atoms with Crippen molar-refractivity contribution in [3.63, 3.8) is 0 Å². The number of benzene rings is 2. The largest absolute Gasteiger partial charge is 0.480 e. The van der Waals surface area contributed by atoms with Gasteiger partial charge in [-0.3, -0.25) is 18.9 Å². The molecule has 0 aliphatic heterocycles. The number of rotatable bonds is 8. The molecule has 0 spiro atoms. The number of carbonyl (C=O) groups excluding carboxylic acids is 1. The normalized spacial score (nSPS) is 12.3. The van der Waals surface area contributed by atoms with Gasteiger partial charge in [-0.2, -0.15) is 0 Å². The molecule has 10 nitrogen and oxygen atoms in total. The molecule has 13 heteroatoms. The average molecular weight is 546 g/mol. The van der Waals surface area contributed by atoms with E-state index < -0.39 is 27.7 Å². The fourth-order valence-corrected chi connectivity index (χ4v) is 5.17. The van der Waals surface area contributed by atoms with E-state index in [0.717, 1.165) is 18.2 Å². The Labute approximate surface area is 215 Å². The Hall–Kier alpha value is -4.03. The summed E-state index contributed by atoms with van der Waals surface area (Å²) in [6, 6.07) is 9.32. The number of aromatic nitrogens is 3. The molecular weight excluding hydrogens is 525 g/mol. The van der Waals surface area contributed by atoms with Crippen molar-refractivity contribution in [3.05, 3.63) is 76.2 Å². The van der Waals surface area contributed by atoms with Gasteiger partial charge in [0.15, 0.2) is 0 Å². The van der Waals surface area contributed by atoms with Crippen molar-refractivity contribution in [2.45, 2.75) is 18.4 Å². The van der Waals surface area contributed by atoms with Crippen molar-refractivity contribution in [1.82, 2.24) is 14.5 Å². The summed E-state index contributed by atoms with van der Waals surface area (Å²) in [5, 5.41) is -0.00717. The highest BCUT2D eigenvalue weighted by Crippen LogP contribution is 2.32. The Balaban J connectivity index is 1.75. The zero-order chi connectivity index (χ0) is 26.9. The molecule has 37 heavy (non-hydrogen) atoms. The lowest BCUT2D eigenvalue weighted by Gasteiger charge is -2.14. The van der Waals surface area contributed by atoms with Crippen LogP contribution in [0.2, 0.25) is 5.02 Å². The quantitative estimate of drug-likeness (QED) is 0.345. The van der Waals surface area contributed by atoms with Gasteiger partial charge in [0.1, 0.15) is 16.4 Å². The minimum atomic E-state index is -4.23. The number of hydrogen-bond donors (Lipinski definition) is 2. The summed E-state index contributed by atoms with van der Waals surface area (Å²) in [6.45, 7) is 1.68. The third kappa shape index (κ3) is 5.39. The number of sulfonamides is 1. The maximum Gasteiger partial charge on any atom is 0.263 e. The number of fused-ring (bicyclic) bond motifs is 1. The molecule has 0 saturated carbocycles. The predicted octanol–water partition coefficient (Wildman–Crippen LogP) is 3.18. The molecule has 0 unspecified atom stereocenters. The van der Waals surface area contributed by atoms with Gasteiger partial charge in [-0.1, -0.05) is 24.6 Å². The number of hydrogen-bond acceptors (Lipinski definition) is 7. The Morgan fingerprint density at radius 3 is 2.62 bits per heavy atom. The molecule has 0 aliphatic carbocycles. The third-order valence-electron chi connectivity index (χ3n) is 5.59. The summed E-state index contributed by atoms with van der Waals surface area (Å²) in [7, 11) is -2.91. The van der Waals surface area contributed by atoms with E-state index in [1.807, 2.05) is 0 Å². The maximum atomic E-state index is 13.4. The summed E-state index contributed by atoms with van der Waals surface area (Å²) in [5.41, 5.74) is 6.39. The van der Waals surface area contributed by atoms with Crippen molar-refractivity contribution >= 4 is 44.1 Å². The molecule has 192 valence electrons. The van der Waals surface area contributed by atoms with Crippen LogP contribution in [-0.2, 0) is 21.4 Å². The molecule has 1 atom stereocenters. The second-order valence-corrected chi connectivity index (χ2v) is 10.3. The van der Waals surface area contributed by atoms with E-state index in [1.54, 1.807) is 25.1 Å². The zero-order valence-electron chi connectivity index (χ0n) is 19.6. The van der Waals surface area contributed by atoms with E-state index >= 15 is 0 Å². The number of ether oxygens (including phenoxy) is 1. The second kappa shape index (κ2) is 10.1. The molecule has 3 N–H and O–H groups in total. The summed E-state index contributed by atoms with van der Waals surface area (Å²) in [5.74, 6) is -1.81. The molecule has 2 aromatic carbocycles. The Bertz CT molecular complexity index is 1690. The van der Waals surface area contributed by atoms with E-state index in [4.69, 9.17) is 22.1 Å². The van der Waals surface area contributed by atoms with Crippen molar-refractivity contribution in [3.8, 4) is 17.0 Å². The van der Waals surface area contributed by atoms with Gasteiger partial charge in [0.25, 0.3) is 15.6 Å². The topological polar surface area (TPSA) is 146 Å². The first-order valence-corrected chi connectivity index (χ1v) is 12.7. The standard InChI is InChI=1S/C24H21ClFN5O5S/c1-13(22(27)32)11-31-12-29-19-5-3-14(7-17(19)24(31)33)15-8-20(23(36-2)28-10-15)30-37(34,35)21-6-4-16(26)9-18(21)25/h3-10,12-13,30H,11H2,1-2H3,(H2,27,32)/t13-/m1/s1. The van der Waals surface area contributed by atoms with Crippen LogP contribution < -0.4 is 20.8 Å². The van der Waals surface area contributed by atoms with E-state index in [1.165, 1.54) is 30.3 Å². The molecule has 0 saturated heterocycles. The van der Waals surface area contributed by atoms with Gasteiger partial charge in [0.05, 0.1) is 35.3 Å². The molecule has 0 fully saturated rings. The van der Waals surface area contributed by atoms with Crippen LogP contribution >= 0.6 is 11.6 Å². The monoisotopic (exact) mass is 545 g/mol. The lowest BCUT2D eigenvalue weighted by molar-refractivity contribution is -0.121. The highest BCUT2D eigenvalue weighted by Gasteiger charge is 2.21. The minimum Gasteiger partial charge on any atom is -0.480 e. The van der Waals surface area contributed by atoms with Crippen LogP contribution in [0.5, 0.6) is 5.88 Å². The van der Waals surface area contributed by atoms with Crippen LogP contribution in [0.4, 0.5) is 10.1 Å². The first-order valence-electron chi connectivity index (χ1n) is 10.8. The fourth-order valence-electron chi connectivity index (χ4n) is 3.59. The number of anilines is 1. The SMILES string of the molecule is COc1ncc(-c2ccc3ncn(C[C@@H](C)C(N)=O)c(=O)c3c2)cc1NS(=O)(=O)c1ccc(F)cc1Cl. The minimum absolute atomic E-state index is 0.000584. The summed E-state index contributed by atoms with van der Waals surface area (Å²) in [6.07, 6.45) is 2.80. The Morgan fingerprint density at radius 2 is 1.95 bits per heavy atom. The van der Waals surface area contributed by atoms with Gasteiger partial charge >= 0.3 is 0 Å². The second-order valence-electron chi connectivity index (χ2n) is 8.20. The van der Waals surface area contributed by atoms with Crippen LogP contribution in [0.15, 0.2) is 64.7 Å². The van der Waals surface area contributed by atoms with Gasteiger partial charge in [-0.25, -0.2) is 22.8 Å². The number of nitrogens with zero attached hydrogens (tertiary/aromatic N) is 3. The predicted molar refractivity (Wildman–Crippen MR) is 136 cm³/mol. The van der Waals surface area contributed by atoms with Gasteiger partial charge in [-0.15, -0.1) is 0 Å². The molecule has 4 rings (SSSR count). The van der Waals surface area contributed by atoms with Gasteiger partial charge < -0.3 is 10.5 Å². The van der Waals surface area contributed by atoms with Crippen molar-refractivity contribution in [2.75, 3.05) is 11.8 Å². The summed E-state index contributed by atoms with van der Waals surface area (Å²) in [4.78, 5) is 32.6. The Morgan fingerprint density at radius 1 is 1.19 bits per heavy atom. The van der Waals surface area contributed by atoms with E-state index in [-0.39, 0.29) is 39.0 Å². The van der Waals surface area contributed by atoms with Gasteiger partial charge in [0.2, 0.25) is 11.8 Å². The van der Waals surface area contributed by atoms with E-state index in [9.17, 15) is 22.4 Å². The maximum absolute atomic E-state index is 13.4. The molecular formula is C24H21ClFN5O5S. The number of methoxy groups -OCH3 is 1. The van der Waals surface area contributed by atoms with E-state index in [0.29, 0.717) is 16.6 Å². The first kappa shape index (κ1) is 26.0. The molecule has 2 heterocycles. The first-order chi connectivity index (χ1) is 17.5. The average Bonchev–Trinajstić information content (AvgIpc) is 2.85. The van der Waals surface area contributed by atoms with Crippen LogP contribution in [0.1, 0.15) is 6.92 Å². The Kier molecular flexibility index (Phi) is 7.14. The van der Waals surface area contributed by atoms with Crippen LogP contribution in [0.3, 0.4) is 0 Å². The number of halogens is 2. The summed E-state index contributed by atoms with van der Waals surface area (Å²) >= 11 is 5.94. The number of nitrogens with two attached hydrogens (primary N) is 1. The smallest absolute Gasteiger partial charge is 0.263 e. The third-order valence-corrected chi connectivity index (χ3v) is 7.43. The zero-order valence-corrected chi connectivity index (χ0v) is 21.2. The van der Waals surface area contributed by atoms with Gasteiger partial charge in [-0.05, 0) is 42.0 Å². The number of amides is 1. The number of nitrogens with one attached hydrogen (secondary N) is 1. The molecule has 0 aliphatic rings. The van der Waals surface area contributed by atoms with Crippen molar-refractivity contribution in [2.24, 2.45) is 11.7 Å². The highest BCUT2D eigenvalue weighted by atomic mass is 35.5. The highest BCUT2D eigenvalue weighted by molar-refractivity contribution is 7.92.